The van der Waals surface area contributed by atoms with Gasteiger partial charge in [0.1, 0.15) is 5.69 Å². The van der Waals surface area contributed by atoms with Crippen molar-refractivity contribution in [3.63, 3.8) is 0 Å². The molecule has 0 radical (unpaired) electrons. The third-order valence-corrected chi connectivity index (χ3v) is 5.87. The second-order valence-electron chi connectivity index (χ2n) is 5.98. The molecule has 1 saturated carbocycles. The molecule has 0 aromatic carbocycles. The van der Waals surface area contributed by atoms with Gasteiger partial charge in [0.25, 0.3) is 0 Å². The molecule has 0 spiro atoms. The van der Waals surface area contributed by atoms with Crippen LogP contribution in [-0.2, 0) is 4.79 Å². The Hall–Kier alpha value is -1.53. The van der Waals surface area contributed by atoms with Gasteiger partial charge in [-0.05, 0) is 31.9 Å². The summed E-state index contributed by atoms with van der Waals surface area (Å²) < 4.78 is 1.66. The van der Waals surface area contributed by atoms with Crippen LogP contribution < -0.4 is 4.90 Å². The summed E-state index contributed by atoms with van der Waals surface area (Å²) in [5.41, 5.74) is 1.46. The van der Waals surface area contributed by atoms with Crippen molar-refractivity contribution in [2.45, 2.75) is 31.9 Å². The first kappa shape index (κ1) is 17.3. The lowest BCUT2D eigenvalue weighted by Crippen LogP contribution is -2.36. The van der Waals surface area contributed by atoms with E-state index >= 15 is 0 Å². The molecule has 1 atom stereocenters. The van der Waals surface area contributed by atoms with Crippen molar-refractivity contribution >= 4 is 35.0 Å². The minimum Gasteiger partial charge on any atom is -0.308 e. The van der Waals surface area contributed by atoms with Gasteiger partial charge in [-0.15, -0.1) is 0 Å². The van der Waals surface area contributed by atoms with E-state index in [0.29, 0.717) is 17.4 Å². The Balaban J connectivity index is 1.77. The van der Waals surface area contributed by atoms with Gasteiger partial charge in [0.15, 0.2) is 5.15 Å². The summed E-state index contributed by atoms with van der Waals surface area (Å²) in [7, 11) is 0. The van der Waals surface area contributed by atoms with E-state index in [-0.39, 0.29) is 11.8 Å². The molecule has 2 heterocycles. The summed E-state index contributed by atoms with van der Waals surface area (Å²) >= 11 is 8.20. The number of pyridine rings is 1. The van der Waals surface area contributed by atoms with Crippen LogP contribution in [0.3, 0.4) is 0 Å². The molecule has 128 valence electrons. The summed E-state index contributed by atoms with van der Waals surface area (Å²) in [5, 5.41) is 5.41. The number of carbonyl (C=O) groups is 1. The van der Waals surface area contributed by atoms with E-state index in [1.165, 1.54) is 12.8 Å². The molecule has 1 aliphatic rings. The standard InChI is InChI=1S/C17H21ClN4OS/c1-3-21(17(23)12(2)11-24-14-6-7-14)15-10-22(20-16(15)18)13-5-4-8-19-9-13/h4-5,8-10,12,14H,3,6-7,11H2,1-2H3. The second kappa shape index (κ2) is 7.57. The fourth-order valence-electron chi connectivity index (χ4n) is 2.44. The number of hydrogen-bond donors (Lipinski definition) is 0. The van der Waals surface area contributed by atoms with Gasteiger partial charge in [0.05, 0.1) is 18.1 Å². The van der Waals surface area contributed by atoms with Crippen molar-refractivity contribution in [2.75, 3.05) is 17.2 Å². The van der Waals surface area contributed by atoms with Crippen molar-refractivity contribution in [3.05, 3.63) is 35.9 Å². The molecule has 1 aliphatic carbocycles. The van der Waals surface area contributed by atoms with Crippen LogP contribution in [0.5, 0.6) is 0 Å². The summed E-state index contributed by atoms with van der Waals surface area (Å²) in [5.74, 6) is 0.917. The largest absolute Gasteiger partial charge is 0.308 e. The normalized spacial score (nSPS) is 15.3. The average molecular weight is 365 g/mol. The minimum atomic E-state index is -0.0339. The quantitative estimate of drug-likeness (QED) is 0.749. The van der Waals surface area contributed by atoms with E-state index < -0.39 is 0 Å². The Bertz CT molecular complexity index is 702. The van der Waals surface area contributed by atoms with E-state index in [2.05, 4.69) is 10.1 Å². The van der Waals surface area contributed by atoms with Gasteiger partial charge >= 0.3 is 0 Å². The third-order valence-electron chi connectivity index (χ3n) is 3.96. The lowest BCUT2D eigenvalue weighted by atomic mass is 10.2. The predicted molar refractivity (Wildman–Crippen MR) is 99.0 cm³/mol. The van der Waals surface area contributed by atoms with Crippen LogP contribution in [-0.4, -0.2) is 38.2 Å². The monoisotopic (exact) mass is 364 g/mol. The van der Waals surface area contributed by atoms with Crippen LogP contribution in [0.25, 0.3) is 5.69 Å². The summed E-state index contributed by atoms with van der Waals surface area (Å²) in [4.78, 5) is 18.6. The van der Waals surface area contributed by atoms with Crippen molar-refractivity contribution < 1.29 is 4.79 Å². The van der Waals surface area contributed by atoms with Gasteiger partial charge < -0.3 is 4.90 Å². The van der Waals surface area contributed by atoms with Crippen LogP contribution in [0.1, 0.15) is 26.7 Å². The molecule has 0 saturated heterocycles. The second-order valence-corrected chi connectivity index (χ2v) is 7.67. The Morgan fingerprint density at radius 3 is 2.96 bits per heavy atom. The molecule has 0 bridgehead atoms. The molecular weight excluding hydrogens is 344 g/mol. The maximum Gasteiger partial charge on any atom is 0.230 e. The van der Waals surface area contributed by atoms with Gasteiger partial charge in [0.2, 0.25) is 5.91 Å². The van der Waals surface area contributed by atoms with Crippen LogP contribution >= 0.6 is 23.4 Å². The Kier molecular flexibility index (Phi) is 5.46. The van der Waals surface area contributed by atoms with Gasteiger partial charge in [-0.1, -0.05) is 18.5 Å². The molecule has 0 N–H and O–H groups in total. The molecule has 0 aliphatic heterocycles. The molecule has 5 nitrogen and oxygen atoms in total. The number of rotatable bonds is 7. The highest BCUT2D eigenvalue weighted by Gasteiger charge is 2.28. The molecule has 2 aromatic heterocycles. The fourth-order valence-corrected chi connectivity index (χ4v) is 3.85. The zero-order chi connectivity index (χ0) is 17.1. The molecule has 1 unspecified atom stereocenters. The Morgan fingerprint density at radius 1 is 1.54 bits per heavy atom. The summed E-state index contributed by atoms with van der Waals surface area (Å²) in [6.45, 7) is 4.51. The molecule has 1 fully saturated rings. The van der Waals surface area contributed by atoms with Crippen LogP contribution in [0.15, 0.2) is 30.7 Å². The van der Waals surface area contributed by atoms with Gasteiger partial charge in [-0.25, -0.2) is 4.68 Å². The first-order chi connectivity index (χ1) is 11.6. The van der Waals surface area contributed by atoms with Crippen molar-refractivity contribution in [1.29, 1.82) is 0 Å². The number of hydrogen-bond acceptors (Lipinski definition) is 4. The fraction of sp³-hybridized carbons (Fsp3) is 0.471. The van der Waals surface area contributed by atoms with Crippen molar-refractivity contribution in [2.24, 2.45) is 5.92 Å². The molecule has 24 heavy (non-hydrogen) atoms. The molecule has 2 aromatic rings. The first-order valence-corrected chi connectivity index (χ1v) is 9.61. The maximum atomic E-state index is 12.8. The van der Waals surface area contributed by atoms with Crippen LogP contribution in [0, 0.1) is 5.92 Å². The lowest BCUT2D eigenvalue weighted by molar-refractivity contribution is -0.121. The topological polar surface area (TPSA) is 51.0 Å². The molecule has 3 rings (SSSR count). The van der Waals surface area contributed by atoms with E-state index in [0.717, 1.165) is 16.7 Å². The van der Waals surface area contributed by atoms with E-state index in [9.17, 15) is 4.79 Å². The molecule has 7 heteroatoms. The predicted octanol–water partition coefficient (Wildman–Crippen LogP) is 3.81. The van der Waals surface area contributed by atoms with Crippen LogP contribution in [0.4, 0.5) is 5.69 Å². The Labute approximate surface area is 151 Å². The third kappa shape index (κ3) is 3.92. The highest BCUT2D eigenvalue weighted by atomic mass is 35.5. The minimum absolute atomic E-state index is 0.0339. The van der Waals surface area contributed by atoms with Crippen molar-refractivity contribution in [3.8, 4) is 5.69 Å². The first-order valence-electron chi connectivity index (χ1n) is 8.18. The van der Waals surface area contributed by atoms with Crippen LogP contribution in [0.2, 0.25) is 5.15 Å². The zero-order valence-corrected chi connectivity index (χ0v) is 15.4. The van der Waals surface area contributed by atoms with Crippen molar-refractivity contribution in [1.82, 2.24) is 14.8 Å². The van der Waals surface area contributed by atoms with Gasteiger partial charge in [0, 0.05) is 29.7 Å². The van der Waals surface area contributed by atoms with E-state index in [4.69, 9.17) is 11.6 Å². The SMILES string of the molecule is CCN(C(=O)C(C)CSC1CC1)c1cn(-c2cccnc2)nc1Cl. The lowest BCUT2D eigenvalue weighted by Gasteiger charge is -2.23. The number of halogens is 1. The summed E-state index contributed by atoms with van der Waals surface area (Å²) in [6.07, 6.45) is 7.78. The number of amides is 1. The Morgan fingerprint density at radius 2 is 2.33 bits per heavy atom. The molecular formula is C17H21ClN4OS. The maximum absolute atomic E-state index is 12.8. The van der Waals surface area contributed by atoms with E-state index in [1.807, 2.05) is 37.7 Å². The number of thioether (sulfide) groups is 1. The van der Waals surface area contributed by atoms with Gasteiger partial charge in [-0.3, -0.25) is 9.78 Å². The highest BCUT2D eigenvalue weighted by molar-refractivity contribution is 8.00. The number of anilines is 1. The number of nitrogens with zero attached hydrogens (tertiary/aromatic N) is 4. The zero-order valence-electron chi connectivity index (χ0n) is 13.9. The summed E-state index contributed by atoms with van der Waals surface area (Å²) in [6, 6.07) is 3.73. The smallest absolute Gasteiger partial charge is 0.230 e. The molecule has 1 amide bonds. The average Bonchev–Trinajstić information content (AvgIpc) is 3.36. The number of carbonyl (C=O) groups excluding carboxylic acids is 1. The number of aromatic nitrogens is 3. The van der Waals surface area contributed by atoms with E-state index in [1.54, 1.807) is 28.2 Å². The highest BCUT2D eigenvalue weighted by Crippen LogP contribution is 2.35. The van der Waals surface area contributed by atoms with Gasteiger partial charge in [-0.2, -0.15) is 16.9 Å².